The minimum Gasteiger partial charge on any atom is -0.394 e. The third-order valence-corrected chi connectivity index (χ3v) is 9.59. The molecule has 4 heteroatoms. The van der Waals surface area contributed by atoms with Gasteiger partial charge in [-0.15, -0.1) is 0 Å². The molecule has 0 atom stereocenters. The molecule has 0 bridgehead atoms. The van der Waals surface area contributed by atoms with Gasteiger partial charge >= 0.3 is 8.56 Å². The quantitative estimate of drug-likeness (QED) is 0.556. The Labute approximate surface area is 190 Å². The van der Waals surface area contributed by atoms with Crippen molar-refractivity contribution >= 4 is 36.8 Å². The maximum atomic E-state index is 6.01. The Morgan fingerprint density at radius 3 is 1.42 bits per heavy atom. The Hall–Kier alpha value is -2.14. The third kappa shape index (κ3) is 4.43. The summed E-state index contributed by atoms with van der Waals surface area (Å²) in [6.07, 6.45) is 0. The van der Waals surface area contributed by atoms with Crippen molar-refractivity contribution in [3.8, 4) is 0 Å². The van der Waals surface area contributed by atoms with Crippen molar-refractivity contribution in [3.63, 3.8) is 0 Å². The van der Waals surface area contributed by atoms with Gasteiger partial charge < -0.3 is 8.85 Å². The van der Waals surface area contributed by atoms with Crippen LogP contribution in [-0.4, -0.2) is 29.5 Å². The smallest absolute Gasteiger partial charge is 0.368 e. The van der Waals surface area contributed by atoms with Crippen LogP contribution in [0.15, 0.2) is 48.5 Å². The van der Waals surface area contributed by atoms with Crippen molar-refractivity contribution in [1.29, 1.82) is 0 Å². The van der Waals surface area contributed by atoms with Crippen molar-refractivity contribution in [2.45, 2.75) is 48.1 Å². The summed E-state index contributed by atoms with van der Waals surface area (Å²) in [6.45, 7) is 15.6. The molecule has 0 unspecified atom stereocenters. The average molecular weight is 430 g/mol. The highest BCUT2D eigenvalue weighted by Crippen LogP contribution is 2.14. The van der Waals surface area contributed by atoms with Crippen LogP contribution in [0.25, 0.3) is 0 Å². The normalized spacial score (nSPS) is 11.6. The first-order valence-corrected chi connectivity index (χ1v) is 13.3. The van der Waals surface area contributed by atoms with E-state index in [9.17, 15) is 0 Å². The molecule has 0 spiro atoms. The molecule has 0 N–H and O–H groups in total. The molecule has 2 nitrogen and oxygen atoms in total. The van der Waals surface area contributed by atoms with Gasteiger partial charge in [0.2, 0.25) is 6.71 Å². The molecule has 3 rings (SSSR count). The molecule has 3 aromatic rings. The monoisotopic (exact) mass is 430 g/mol. The number of hydrogen-bond acceptors (Lipinski definition) is 2. The van der Waals surface area contributed by atoms with E-state index in [1.54, 1.807) is 14.2 Å². The first-order valence-electron chi connectivity index (χ1n) is 11.0. The van der Waals surface area contributed by atoms with E-state index in [2.05, 4.69) is 96.6 Å². The zero-order valence-electron chi connectivity index (χ0n) is 20.5. The molecule has 0 aliphatic carbocycles. The highest BCUT2D eigenvalue weighted by Gasteiger charge is 2.38. The van der Waals surface area contributed by atoms with Crippen molar-refractivity contribution in [1.82, 2.24) is 0 Å². The second-order valence-corrected chi connectivity index (χ2v) is 12.2. The summed E-state index contributed by atoms with van der Waals surface area (Å²) in [6, 6.07) is 17.9. The third-order valence-electron chi connectivity index (χ3n) is 6.59. The Bertz CT molecular complexity index is 999. The number of aryl methyl sites for hydroxylation is 6. The van der Waals surface area contributed by atoms with Crippen LogP contribution in [0.3, 0.4) is 0 Å². The highest BCUT2D eigenvalue weighted by atomic mass is 28.4. The van der Waals surface area contributed by atoms with Crippen LogP contribution in [-0.2, 0) is 8.85 Å². The molecule has 0 amide bonds. The van der Waals surface area contributed by atoms with Gasteiger partial charge in [0, 0.05) is 14.2 Å². The maximum Gasteiger partial charge on any atom is 0.368 e. The fraction of sp³-hybridized carbons (Fsp3) is 0.333. The van der Waals surface area contributed by atoms with Gasteiger partial charge in [0.05, 0.1) is 0 Å². The van der Waals surface area contributed by atoms with Gasteiger partial charge in [0.1, 0.15) is 0 Å². The van der Waals surface area contributed by atoms with Crippen molar-refractivity contribution < 1.29 is 8.85 Å². The lowest BCUT2D eigenvalue weighted by atomic mass is 9.34. The summed E-state index contributed by atoms with van der Waals surface area (Å²) in [4.78, 5) is 0. The van der Waals surface area contributed by atoms with E-state index in [1.807, 2.05) is 0 Å². The molecule has 162 valence electrons. The molecule has 0 aromatic heterocycles. The Balaban J connectivity index is 2.44. The lowest BCUT2D eigenvalue weighted by Gasteiger charge is -2.30. The Morgan fingerprint density at radius 1 is 0.645 bits per heavy atom. The predicted octanol–water partition coefficient (Wildman–Crippen LogP) is 3.63. The van der Waals surface area contributed by atoms with Gasteiger partial charge in [0.25, 0.3) is 0 Å². The minimum absolute atomic E-state index is 0.120. The average Bonchev–Trinajstić information content (AvgIpc) is 2.70. The lowest BCUT2D eigenvalue weighted by Crippen LogP contribution is -2.66. The van der Waals surface area contributed by atoms with Crippen LogP contribution >= 0.6 is 0 Å². The Kier molecular flexibility index (Phi) is 6.95. The van der Waals surface area contributed by atoms with Gasteiger partial charge in [-0.05, 0) is 53.3 Å². The van der Waals surface area contributed by atoms with Gasteiger partial charge in [-0.1, -0.05) is 98.3 Å². The van der Waals surface area contributed by atoms with Gasteiger partial charge in [-0.3, -0.25) is 0 Å². The number of benzene rings is 3. The summed E-state index contributed by atoms with van der Waals surface area (Å²) in [5.74, 6) is 0. The summed E-state index contributed by atoms with van der Waals surface area (Å²) >= 11 is 0. The fourth-order valence-corrected chi connectivity index (χ4v) is 6.97. The van der Waals surface area contributed by atoms with E-state index in [0.29, 0.717) is 0 Å². The first-order chi connectivity index (χ1) is 14.6. The van der Waals surface area contributed by atoms with Crippen LogP contribution < -0.4 is 21.6 Å². The zero-order valence-corrected chi connectivity index (χ0v) is 21.5. The van der Waals surface area contributed by atoms with E-state index in [4.69, 9.17) is 8.85 Å². The van der Waals surface area contributed by atoms with Crippen LogP contribution in [0.5, 0.6) is 0 Å². The van der Waals surface area contributed by atoms with Crippen LogP contribution in [0.1, 0.15) is 33.4 Å². The van der Waals surface area contributed by atoms with Crippen LogP contribution in [0.4, 0.5) is 0 Å². The SMILES string of the molecule is CO[Si](C)(OC)c1ccccc1B(c1c(C)cc(C)cc1C)c1c(C)cc(C)cc1C. The standard InChI is InChI=1S/C27H35BO2Si/c1-18-14-20(3)26(21(4)15-18)28(27-22(5)16-19(2)17-23(27)6)24-12-10-11-13-25(24)31(9,29-7)30-8/h10-17H,1-9H3. The van der Waals surface area contributed by atoms with E-state index >= 15 is 0 Å². The molecule has 3 aromatic carbocycles. The maximum absolute atomic E-state index is 6.01. The van der Waals surface area contributed by atoms with E-state index in [-0.39, 0.29) is 6.71 Å². The molecule has 0 saturated heterocycles. The summed E-state index contributed by atoms with van der Waals surface area (Å²) < 4.78 is 12.0. The number of hydrogen-bond donors (Lipinski definition) is 0. The largest absolute Gasteiger partial charge is 0.394 e. The van der Waals surface area contributed by atoms with Crippen molar-refractivity contribution in [2.24, 2.45) is 0 Å². The highest BCUT2D eigenvalue weighted by molar-refractivity contribution is 7.00. The topological polar surface area (TPSA) is 18.5 Å². The van der Waals surface area contributed by atoms with Gasteiger partial charge in [-0.2, -0.15) is 0 Å². The van der Waals surface area contributed by atoms with Crippen LogP contribution in [0.2, 0.25) is 6.55 Å². The van der Waals surface area contributed by atoms with E-state index < -0.39 is 8.56 Å². The van der Waals surface area contributed by atoms with Crippen molar-refractivity contribution in [3.05, 3.63) is 81.9 Å². The molecule has 0 radical (unpaired) electrons. The minimum atomic E-state index is -2.54. The van der Waals surface area contributed by atoms with Crippen LogP contribution in [0, 0.1) is 41.5 Å². The zero-order chi connectivity index (χ0) is 22.9. The molecule has 31 heavy (non-hydrogen) atoms. The summed E-state index contributed by atoms with van der Waals surface area (Å²) in [7, 11) is 1.00. The summed E-state index contributed by atoms with van der Waals surface area (Å²) in [5.41, 5.74) is 12.0. The van der Waals surface area contributed by atoms with E-state index in [0.717, 1.165) is 0 Å². The fourth-order valence-electron chi connectivity index (χ4n) is 5.21. The Morgan fingerprint density at radius 2 is 1.03 bits per heavy atom. The molecule has 0 saturated carbocycles. The molecule has 0 aliphatic rings. The first kappa shape index (κ1) is 23.5. The number of rotatable bonds is 6. The van der Waals surface area contributed by atoms with Crippen molar-refractivity contribution in [2.75, 3.05) is 14.2 Å². The second-order valence-electron chi connectivity index (χ2n) is 9.00. The summed E-state index contributed by atoms with van der Waals surface area (Å²) in [5, 5.41) is 1.20. The lowest BCUT2D eigenvalue weighted by molar-refractivity contribution is 0.265. The molecular formula is C27H35BO2Si. The van der Waals surface area contributed by atoms with E-state index in [1.165, 1.54) is 55.0 Å². The second kappa shape index (κ2) is 9.15. The molecule has 0 aliphatic heterocycles. The van der Waals surface area contributed by atoms with Gasteiger partial charge in [0.15, 0.2) is 0 Å². The molecular weight excluding hydrogens is 395 g/mol. The molecule has 0 fully saturated rings. The molecule has 0 heterocycles. The van der Waals surface area contributed by atoms with Gasteiger partial charge in [-0.25, -0.2) is 0 Å². The predicted molar refractivity (Wildman–Crippen MR) is 138 cm³/mol.